The third kappa shape index (κ3) is 1.78. The molecule has 4 nitrogen and oxygen atoms in total. The van der Waals surface area contributed by atoms with Gasteiger partial charge in [-0.25, -0.2) is 4.39 Å². The van der Waals surface area contributed by atoms with Gasteiger partial charge in [0.25, 0.3) is 0 Å². The molecular weight excluding hydrogens is 261 g/mol. The first-order chi connectivity index (χ1) is 8.69. The van der Waals surface area contributed by atoms with Crippen LogP contribution in [0.5, 0.6) is 0 Å². The predicted molar refractivity (Wildman–Crippen MR) is 61.1 cm³/mol. The van der Waals surface area contributed by atoms with Crippen molar-refractivity contribution in [2.45, 2.75) is 44.9 Å². The molecule has 0 aliphatic carbocycles. The van der Waals surface area contributed by atoms with Crippen molar-refractivity contribution in [3.63, 3.8) is 0 Å². The van der Waals surface area contributed by atoms with Crippen LogP contribution < -0.4 is 5.32 Å². The second-order valence-electron chi connectivity index (χ2n) is 5.33. The van der Waals surface area contributed by atoms with Crippen LogP contribution in [0.2, 0.25) is 0 Å². The van der Waals surface area contributed by atoms with Gasteiger partial charge in [0.1, 0.15) is 0 Å². The number of nitrogens with zero attached hydrogens (tertiary/aromatic N) is 1. The summed E-state index contributed by atoms with van der Waals surface area (Å²) >= 11 is 0. The summed E-state index contributed by atoms with van der Waals surface area (Å²) in [5, 5.41) is 1.28. The predicted octanol–water partition coefficient (Wildman–Crippen LogP) is 1.46. The molecule has 0 aromatic heterocycles. The molecular formula is C12H17F3N2O2. The number of fused-ring (bicyclic) bond motifs is 3. The van der Waals surface area contributed by atoms with Crippen LogP contribution >= 0.6 is 0 Å². The molecule has 3 fully saturated rings. The molecule has 1 amide bonds. The van der Waals surface area contributed by atoms with Gasteiger partial charge in [-0.05, 0) is 19.3 Å². The summed E-state index contributed by atoms with van der Waals surface area (Å²) in [5.41, 5.74) is -1.02. The summed E-state index contributed by atoms with van der Waals surface area (Å²) in [6, 6.07) is -4.21. The fourth-order valence-electron chi connectivity index (χ4n) is 3.12. The van der Waals surface area contributed by atoms with Crippen molar-refractivity contribution in [1.82, 2.24) is 10.2 Å². The van der Waals surface area contributed by atoms with Crippen LogP contribution in [0, 0.1) is 5.41 Å². The number of carbonyl (C=O) groups is 2. The lowest BCUT2D eigenvalue weighted by Crippen LogP contribution is -2.76. The van der Waals surface area contributed by atoms with E-state index in [2.05, 4.69) is 0 Å². The normalized spacial score (nSPS) is 38.4. The average Bonchev–Trinajstić information content (AvgIpc) is 2.34. The number of nitrogens with one attached hydrogen (secondary N) is 1. The summed E-state index contributed by atoms with van der Waals surface area (Å²) in [5.74, 6) is -5.59. The lowest BCUT2D eigenvalue weighted by molar-refractivity contribution is -0.253. The number of amides is 1. The topological polar surface area (TPSA) is 49.4 Å². The molecule has 19 heavy (non-hydrogen) atoms. The van der Waals surface area contributed by atoms with Gasteiger partial charge in [-0.2, -0.15) is 8.78 Å². The Morgan fingerprint density at radius 3 is 2.37 bits per heavy atom. The highest BCUT2D eigenvalue weighted by atomic mass is 19.3. The van der Waals surface area contributed by atoms with Crippen LogP contribution in [0.1, 0.15) is 33.1 Å². The summed E-state index contributed by atoms with van der Waals surface area (Å²) in [4.78, 5) is 23.9. The Morgan fingerprint density at radius 2 is 1.95 bits per heavy atom. The quantitative estimate of drug-likeness (QED) is 0.795. The van der Waals surface area contributed by atoms with Crippen LogP contribution in [0.25, 0.3) is 0 Å². The van der Waals surface area contributed by atoms with E-state index in [1.54, 1.807) is 6.92 Å². The lowest BCUT2D eigenvalue weighted by Gasteiger charge is -2.55. The maximum atomic E-state index is 14.8. The van der Waals surface area contributed by atoms with Crippen molar-refractivity contribution >= 4 is 11.7 Å². The van der Waals surface area contributed by atoms with Gasteiger partial charge < -0.3 is 0 Å². The number of carbonyl (C=O) groups excluding carboxylic acids is 2. The molecule has 3 aliphatic rings. The molecule has 3 aliphatic heterocycles. The summed E-state index contributed by atoms with van der Waals surface area (Å²) in [6.45, 7) is 2.78. The Labute approximate surface area is 109 Å². The second-order valence-corrected chi connectivity index (χ2v) is 5.33. The molecule has 0 aromatic rings. The first-order valence-electron chi connectivity index (χ1n) is 6.35. The van der Waals surface area contributed by atoms with E-state index in [-0.39, 0.29) is 13.1 Å². The van der Waals surface area contributed by atoms with Crippen molar-refractivity contribution in [2.75, 3.05) is 13.1 Å². The monoisotopic (exact) mass is 278 g/mol. The maximum absolute atomic E-state index is 14.8. The lowest BCUT2D eigenvalue weighted by atomic mass is 9.65. The molecule has 1 N–H and O–H groups in total. The Kier molecular flexibility index (Phi) is 3.16. The highest BCUT2D eigenvalue weighted by molar-refractivity contribution is 5.95. The molecule has 3 rings (SSSR count). The molecule has 1 unspecified atom stereocenters. The molecule has 0 radical (unpaired) electrons. The number of hydrogen-bond donors (Lipinski definition) is 1. The minimum Gasteiger partial charge on any atom is -0.294 e. The minimum absolute atomic E-state index is 0.102. The molecule has 2 bridgehead atoms. The van der Waals surface area contributed by atoms with Gasteiger partial charge in [-0.3, -0.25) is 19.8 Å². The number of piperidine rings is 3. The third-order valence-electron chi connectivity index (χ3n) is 4.36. The van der Waals surface area contributed by atoms with Crippen LogP contribution in [0.15, 0.2) is 0 Å². The minimum atomic E-state index is -4.21. The molecule has 108 valence electrons. The average molecular weight is 278 g/mol. The largest absolute Gasteiger partial charge is 0.380 e. The Hall–Kier alpha value is -1.11. The summed E-state index contributed by atoms with van der Waals surface area (Å²) in [7, 11) is 0. The summed E-state index contributed by atoms with van der Waals surface area (Å²) in [6.07, 6.45) is 1.12. The third-order valence-corrected chi connectivity index (χ3v) is 4.36. The van der Waals surface area contributed by atoms with Crippen molar-refractivity contribution in [1.29, 1.82) is 0 Å². The van der Waals surface area contributed by atoms with Gasteiger partial charge in [0.2, 0.25) is 5.91 Å². The smallest absolute Gasteiger partial charge is 0.294 e. The van der Waals surface area contributed by atoms with Gasteiger partial charge in [-0.15, -0.1) is 0 Å². The van der Waals surface area contributed by atoms with E-state index in [1.807, 2.05) is 0 Å². The van der Waals surface area contributed by atoms with Gasteiger partial charge in [0, 0.05) is 25.4 Å². The Bertz CT molecular complexity index is 419. The first-order valence-corrected chi connectivity index (χ1v) is 6.35. The van der Waals surface area contributed by atoms with Crippen molar-refractivity contribution < 1.29 is 22.8 Å². The molecule has 0 spiro atoms. The van der Waals surface area contributed by atoms with Gasteiger partial charge in [-0.1, -0.05) is 6.92 Å². The van der Waals surface area contributed by atoms with E-state index in [0.29, 0.717) is 19.3 Å². The van der Waals surface area contributed by atoms with Crippen LogP contribution in [0.4, 0.5) is 13.2 Å². The zero-order chi connectivity index (χ0) is 14.5. The summed E-state index contributed by atoms with van der Waals surface area (Å²) < 4.78 is 42.8. The van der Waals surface area contributed by atoms with Crippen LogP contribution in [-0.4, -0.2) is 41.5 Å². The number of halogens is 3. The molecule has 0 saturated carbocycles. The number of ketones is 1. The highest BCUT2D eigenvalue weighted by Gasteiger charge is 2.72. The highest BCUT2D eigenvalue weighted by Crippen LogP contribution is 2.52. The van der Waals surface area contributed by atoms with E-state index in [4.69, 9.17) is 0 Å². The molecule has 0 aromatic carbocycles. The molecule has 3 saturated heterocycles. The van der Waals surface area contributed by atoms with E-state index < -0.39 is 28.9 Å². The van der Waals surface area contributed by atoms with Crippen molar-refractivity contribution in [2.24, 2.45) is 5.41 Å². The standard InChI is InChI=1S/C12H17F3N2O2/c1-3-10-4-6-17(7-5-10)11(13,9(10)19)12(14,15)16-8(2)18/h3-7H2,1-2H3,(H,16,18). The van der Waals surface area contributed by atoms with Crippen LogP contribution in [0.3, 0.4) is 0 Å². The number of hydrogen-bond acceptors (Lipinski definition) is 3. The van der Waals surface area contributed by atoms with Crippen LogP contribution in [-0.2, 0) is 9.59 Å². The Balaban J connectivity index is 2.42. The fraction of sp³-hybridized carbons (Fsp3) is 0.833. The van der Waals surface area contributed by atoms with E-state index in [1.165, 1.54) is 5.32 Å². The SMILES string of the molecule is CCC12CCN(CC1)C(F)(C(F)(F)NC(C)=O)C2=O. The van der Waals surface area contributed by atoms with E-state index in [9.17, 15) is 22.8 Å². The maximum Gasteiger partial charge on any atom is 0.380 e. The molecule has 3 heterocycles. The van der Waals surface area contributed by atoms with E-state index >= 15 is 0 Å². The number of Topliss-reactive ketones (excluding diaryl/α,β-unsaturated/α-hetero) is 1. The van der Waals surface area contributed by atoms with E-state index in [0.717, 1.165) is 11.8 Å². The Morgan fingerprint density at radius 1 is 1.42 bits per heavy atom. The molecule has 1 atom stereocenters. The fourth-order valence-corrected chi connectivity index (χ4v) is 3.12. The second kappa shape index (κ2) is 4.19. The van der Waals surface area contributed by atoms with Crippen molar-refractivity contribution in [3.8, 4) is 0 Å². The number of alkyl halides is 3. The van der Waals surface area contributed by atoms with Gasteiger partial charge in [0.05, 0.1) is 0 Å². The van der Waals surface area contributed by atoms with Crippen molar-refractivity contribution in [3.05, 3.63) is 0 Å². The zero-order valence-electron chi connectivity index (χ0n) is 10.9. The van der Waals surface area contributed by atoms with Gasteiger partial charge >= 0.3 is 11.8 Å². The first kappa shape index (κ1) is 14.3. The number of rotatable bonds is 3. The van der Waals surface area contributed by atoms with Gasteiger partial charge in [0.15, 0.2) is 5.78 Å². The zero-order valence-corrected chi connectivity index (χ0v) is 10.9. The molecule has 7 heteroatoms.